The number of hydrogen-bond acceptors (Lipinski definition) is 4. The molecule has 0 spiro atoms. The second kappa shape index (κ2) is 11.2. The molecule has 1 unspecified atom stereocenters. The lowest BCUT2D eigenvalue weighted by Gasteiger charge is -2.20. The van der Waals surface area contributed by atoms with Crippen LogP contribution in [0.3, 0.4) is 0 Å². The number of benzene rings is 2. The summed E-state index contributed by atoms with van der Waals surface area (Å²) >= 11 is 1.40. The van der Waals surface area contributed by atoms with Crippen LogP contribution in [0.5, 0.6) is 5.75 Å². The first-order valence-corrected chi connectivity index (χ1v) is 10.9. The zero-order chi connectivity index (χ0) is 21.2. The van der Waals surface area contributed by atoms with Gasteiger partial charge in [-0.15, -0.1) is 11.3 Å². The number of carbonyl (C=O) groups excluding carboxylic acids is 2. The van der Waals surface area contributed by atoms with E-state index in [0.29, 0.717) is 30.9 Å². The number of thiophene rings is 1. The van der Waals surface area contributed by atoms with Crippen LogP contribution in [0, 0.1) is 0 Å². The maximum absolute atomic E-state index is 12.6. The summed E-state index contributed by atoms with van der Waals surface area (Å²) in [5.74, 6) is 0.658. The molecule has 0 bridgehead atoms. The summed E-state index contributed by atoms with van der Waals surface area (Å²) in [5, 5.41) is 7.85. The van der Waals surface area contributed by atoms with Gasteiger partial charge in [0.05, 0.1) is 17.5 Å². The molecule has 0 aliphatic rings. The van der Waals surface area contributed by atoms with Gasteiger partial charge >= 0.3 is 0 Å². The molecule has 156 valence electrons. The van der Waals surface area contributed by atoms with Crippen LogP contribution in [0.2, 0.25) is 0 Å². The molecular formula is C24H26N2O3S. The molecule has 0 saturated heterocycles. The maximum Gasteiger partial charge on any atom is 0.261 e. The summed E-state index contributed by atoms with van der Waals surface area (Å²) in [4.78, 5) is 25.2. The fourth-order valence-corrected chi connectivity index (χ4v) is 3.75. The average molecular weight is 423 g/mol. The molecule has 3 rings (SSSR count). The van der Waals surface area contributed by atoms with Gasteiger partial charge < -0.3 is 15.4 Å². The number of ether oxygens (including phenoxy) is 1. The van der Waals surface area contributed by atoms with Crippen molar-refractivity contribution in [2.24, 2.45) is 0 Å². The van der Waals surface area contributed by atoms with Crippen LogP contribution in [0.15, 0.2) is 72.1 Å². The van der Waals surface area contributed by atoms with Crippen LogP contribution >= 0.6 is 11.3 Å². The number of carbonyl (C=O) groups is 2. The lowest BCUT2D eigenvalue weighted by molar-refractivity contribution is -0.121. The molecule has 0 aliphatic heterocycles. The first kappa shape index (κ1) is 21.6. The van der Waals surface area contributed by atoms with Gasteiger partial charge in [-0.25, -0.2) is 0 Å². The van der Waals surface area contributed by atoms with Crippen molar-refractivity contribution < 1.29 is 14.3 Å². The van der Waals surface area contributed by atoms with Crippen molar-refractivity contribution in [3.63, 3.8) is 0 Å². The molecule has 2 aromatic carbocycles. The number of rotatable bonds is 10. The normalized spacial score (nSPS) is 11.5. The van der Waals surface area contributed by atoms with Gasteiger partial charge in [-0.1, -0.05) is 48.5 Å². The summed E-state index contributed by atoms with van der Waals surface area (Å²) in [6.45, 7) is 3.02. The Morgan fingerprint density at radius 1 is 0.967 bits per heavy atom. The highest BCUT2D eigenvalue weighted by Gasteiger charge is 2.17. The van der Waals surface area contributed by atoms with Crippen LogP contribution in [0.1, 0.15) is 46.6 Å². The molecule has 6 heteroatoms. The molecule has 3 aromatic rings. The first-order chi connectivity index (χ1) is 14.7. The molecular weight excluding hydrogens is 396 g/mol. The molecule has 0 aliphatic carbocycles. The third kappa shape index (κ3) is 6.19. The zero-order valence-electron chi connectivity index (χ0n) is 17.0. The monoisotopic (exact) mass is 422 g/mol. The largest absolute Gasteiger partial charge is 0.494 e. The van der Waals surface area contributed by atoms with Crippen molar-refractivity contribution in [1.29, 1.82) is 0 Å². The van der Waals surface area contributed by atoms with Gasteiger partial charge in [0.1, 0.15) is 5.75 Å². The smallest absolute Gasteiger partial charge is 0.261 e. The Hall–Kier alpha value is -3.12. The van der Waals surface area contributed by atoms with E-state index in [1.807, 2.05) is 73.0 Å². The van der Waals surface area contributed by atoms with E-state index in [-0.39, 0.29) is 17.9 Å². The lowest BCUT2D eigenvalue weighted by Crippen LogP contribution is -2.30. The molecule has 1 atom stereocenters. The first-order valence-electron chi connectivity index (χ1n) is 10.1. The predicted octanol–water partition coefficient (Wildman–Crippen LogP) is 4.56. The Kier molecular flexibility index (Phi) is 8.03. The number of amides is 2. The average Bonchev–Trinajstić information content (AvgIpc) is 3.32. The van der Waals surface area contributed by atoms with Crippen LogP contribution in [-0.4, -0.2) is 25.0 Å². The van der Waals surface area contributed by atoms with E-state index >= 15 is 0 Å². The summed E-state index contributed by atoms with van der Waals surface area (Å²) in [5.41, 5.74) is 2.00. The maximum atomic E-state index is 12.6. The van der Waals surface area contributed by atoms with Crippen LogP contribution in [0.4, 0.5) is 0 Å². The van der Waals surface area contributed by atoms with Crippen molar-refractivity contribution in [2.75, 3.05) is 13.2 Å². The minimum atomic E-state index is -0.241. The zero-order valence-corrected chi connectivity index (χ0v) is 17.8. The molecule has 2 N–H and O–H groups in total. The molecule has 5 nitrogen and oxygen atoms in total. The molecule has 1 heterocycles. The van der Waals surface area contributed by atoms with Crippen molar-refractivity contribution in [2.45, 2.75) is 25.8 Å². The molecule has 0 fully saturated rings. The lowest BCUT2D eigenvalue weighted by atomic mass is 9.98. The minimum absolute atomic E-state index is 0.0527. The quantitative estimate of drug-likeness (QED) is 0.471. The Labute approximate surface area is 181 Å². The highest BCUT2D eigenvalue weighted by Crippen LogP contribution is 2.24. The second-order valence-electron chi connectivity index (χ2n) is 6.75. The van der Waals surface area contributed by atoms with Gasteiger partial charge in [0, 0.05) is 13.0 Å². The minimum Gasteiger partial charge on any atom is -0.494 e. The fourth-order valence-electron chi connectivity index (χ4n) is 3.11. The number of nitrogens with one attached hydrogen (secondary N) is 2. The van der Waals surface area contributed by atoms with E-state index < -0.39 is 0 Å². The topological polar surface area (TPSA) is 67.4 Å². The van der Waals surface area contributed by atoms with Crippen molar-refractivity contribution in [3.05, 3.63) is 88.1 Å². The summed E-state index contributed by atoms with van der Waals surface area (Å²) < 4.78 is 5.52. The van der Waals surface area contributed by atoms with Crippen LogP contribution < -0.4 is 15.4 Å². The van der Waals surface area contributed by atoms with Gasteiger partial charge in [0.2, 0.25) is 5.91 Å². The van der Waals surface area contributed by atoms with Gasteiger partial charge in [0.15, 0.2) is 0 Å². The molecule has 30 heavy (non-hydrogen) atoms. The molecule has 0 radical (unpaired) electrons. The summed E-state index contributed by atoms with van der Waals surface area (Å²) in [6, 6.07) is 21.1. The van der Waals surface area contributed by atoms with Gasteiger partial charge in [-0.3, -0.25) is 9.59 Å². The van der Waals surface area contributed by atoms with E-state index in [0.717, 1.165) is 16.9 Å². The van der Waals surface area contributed by atoms with E-state index in [2.05, 4.69) is 10.6 Å². The van der Waals surface area contributed by atoms with E-state index in [1.54, 1.807) is 6.07 Å². The van der Waals surface area contributed by atoms with Crippen LogP contribution in [0.25, 0.3) is 0 Å². The summed E-state index contributed by atoms with van der Waals surface area (Å²) in [6.07, 6.45) is 0.915. The van der Waals surface area contributed by atoms with E-state index in [9.17, 15) is 9.59 Å². The Morgan fingerprint density at radius 2 is 1.70 bits per heavy atom. The summed E-state index contributed by atoms with van der Waals surface area (Å²) in [7, 11) is 0. The van der Waals surface area contributed by atoms with Crippen molar-refractivity contribution in [1.82, 2.24) is 10.6 Å². The third-order valence-electron chi connectivity index (χ3n) is 4.57. The van der Waals surface area contributed by atoms with Gasteiger partial charge in [0.25, 0.3) is 5.91 Å². The fraction of sp³-hybridized carbons (Fsp3) is 0.250. The molecule has 1 aromatic heterocycles. The van der Waals surface area contributed by atoms with E-state index in [4.69, 9.17) is 4.74 Å². The third-order valence-corrected chi connectivity index (χ3v) is 5.44. The number of hydrogen-bond donors (Lipinski definition) is 2. The second-order valence-corrected chi connectivity index (χ2v) is 7.70. The van der Waals surface area contributed by atoms with Gasteiger partial charge in [-0.05, 0) is 48.1 Å². The van der Waals surface area contributed by atoms with Gasteiger partial charge in [-0.2, -0.15) is 0 Å². The standard InChI is InChI=1S/C24H26N2O3S/c1-2-29-20-14-12-19(13-15-20)23(18-8-4-3-5-9-18)26-22(27)11-6-16-25-24(28)21-10-7-17-30-21/h3-5,7-10,12-15,17,23H,2,6,11,16H2,1H3,(H,25,28)(H,26,27). The Bertz CT molecular complexity index is 925. The molecule has 2 amide bonds. The highest BCUT2D eigenvalue weighted by molar-refractivity contribution is 7.12. The van der Waals surface area contributed by atoms with Crippen LogP contribution in [-0.2, 0) is 4.79 Å². The molecule has 0 saturated carbocycles. The Morgan fingerprint density at radius 3 is 2.37 bits per heavy atom. The predicted molar refractivity (Wildman–Crippen MR) is 120 cm³/mol. The Balaban J connectivity index is 1.57. The van der Waals surface area contributed by atoms with Crippen molar-refractivity contribution >= 4 is 23.2 Å². The SMILES string of the molecule is CCOc1ccc(C(NC(=O)CCCNC(=O)c2cccs2)c2ccccc2)cc1. The highest BCUT2D eigenvalue weighted by atomic mass is 32.1. The van der Waals surface area contributed by atoms with Crippen molar-refractivity contribution in [3.8, 4) is 5.75 Å². The van der Waals surface area contributed by atoms with E-state index in [1.165, 1.54) is 11.3 Å².